The van der Waals surface area contributed by atoms with Gasteiger partial charge in [0, 0.05) is 34.1 Å². The summed E-state index contributed by atoms with van der Waals surface area (Å²) in [5.41, 5.74) is 7.71. The number of likely N-dealkylation sites (tertiary alicyclic amines) is 1. The number of hydrogen-bond donors (Lipinski definition) is 2. The number of aryl methyl sites for hydroxylation is 3. The molecular formula is C33H40N6O3. The number of benzene rings is 1. The number of H-pyrrole nitrogens is 2. The molecule has 1 saturated heterocycles. The number of ether oxygens (including phenoxy) is 1. The second-order valence-electron chi connectivity index (χ2n) is 12.1. The maximum absolute atomic E-state index is 13.4. The number of rotatable bonds is 8. The highest BCUT2D eigenvalue weighted by molar-refractivity contribution is 6.14. The number of aromatic nitrogens is 5. The zero-order valence-electron chi connectivity index (χ0n) is 25.6. The number of aromatic amines is 2. The summed E-state index contributed by atoms with van der Waals surface area (Å²) >= 11 is 0. The van der Waals surface area contributed by atoms with Gasteiger partial charge in [0.25, 0.3) is 0 Å². The van der Waals surface area contributed by atoms with E-state index in [1.165, 1.54) is 0 Å². The number of piperidine rings is 1. The molecule has 6 rings (SSSR count). The van der Waals surface area contributed by atoms with Crippen LogP contribution in [0, 0.1) is 26.7 Å². The van der Waals surface area contributed by atoms with Crippen molar-refractivity contribution < 1.29 is 14.1 Å². The highest BCUT2D eigenvalue weighted by atomic mass is 16.5. The van der Waals surface area contributed by atoms with Gasteiger partial charge in [-0.1, -0.05) is 19.0 Å². The lowest BCUT2D eigenvalue weighted by atomic mass is 9.91. The lowest BCUT2D eigenvalue weighted by Crippen LogP contribution is -2.30. The van der Waals surface area contributed by atoms with Gasteiger partial charge in [-0.15, -0.1) is 0 Å². The smallest absolute Gasteiger partial charge is 0.179 e. The van der Waals surface area contributed by atoms with Gasteiger partial charge in [0.05, 0.1) is 35.1 Å². The third kappa shape index (κ3) is 5.00. The quantitative estimate of drug-likeness (QED) is 0.192. The maximum Gasteiger partial charge on any atom is 0.179 e. The first kappa shape index (κ1) is 28.2. The van der Waals surface area contributed by atoms with Crippen molar-refractivity contribution in [3.63, 3.8) is 0 Å². The Balaban J connectivity index is 1.44. The van der Waals surface area contributed by atoms with Crippen molar-refractivity contribution in [2.75, 3.05) is 27.2 Å². The van der Waals surface area contributed by atoms with Gasteiger partial charge in [0.15, 0.2) is 5.78 Å². The minimum absolute atomic E-state index is 0.161. The van der Waals surface area contributed by atoms with E-state index < -0.39 is 0 Å². The third-order valence-electron chi connectivity index (χ3n) is 8.78. The van der Waals surface area contributed by atoms with Gasteiger partial charge in [-0.25, -0.2) is 9.97 Å². The Kier molecular flexibility index (Phi) is 7.39. The van der Waals surface area contributed by atoms with Gasteiger partial charge in [0.2, 0.25) is 0 Å². The molecule has 0 bridgehead atoms. The summed E-state index contributed by atoms with van der Waals surface area (Å²) in [7, 11) is 3.84. The summed E-state index contributed by atoms with van der Waals surface area (Å²) in [4.78, 5) is 32.5. The number of nitrogens with one attached hydrogen (secondary N) is 2. The van der Waals surface area contributed by atoms with Crippen LogP contribution in [0.15, 0.2) is 22.7 Å². The van der Waals surface area contributed by atoms with Crippen molar-refractivity contribution in [2.45, 2.75) is 66.2 Å². The summed E-state index contributed by atoms with van der Waals surface area (Å²) in [6.45, 7) is 12.2. The average molecular weight is 569 g/mol. The molecule has 0 amide bonds. The Bertz CT molecular complexity index is 1770. The Morgan fingerprint density at radius 1 is 1.10 bits per heavy atom. The van der Waals surface area contributed by atoms with E-state index in [2.05, 4.69) is 47.0 Å². The van der Waals surface area contributed by atoms with Crippen molar-refractivity contribution in [3.05, 3.63) is 46.9 Å². The number of methoxy groups -OCH3 is 1. The van der Waals surface area contributed by atoms with E-state index in [1.54, 1.807) is 7.11 Å². The molecule has 9 heteroatoms. The monoisotopic (exact) mass is 568 g/mol. The normalized spacial score (nSPS) is 15.0. The van der Waals surface area contributed by atoms with Crippen LogP contribution in [0.25, 0.3) is 44.3 Å². The number of ketones is 1. The van der Waals surface area contributed by atoms with Gasteiger partial charge < -0.3 is 24.1 Å². The van der Waals surface area contributed by atoms with Gasteiger partial charge in [-0.3, -0.25) is 4.79 Å². The second kappa shape index (κ2) is 11.0. The molecule has 0 aliphatic carbocycles. The van der Waals surface area contributed by atoms with Crippen LogP contribution in [0.5, 0.6) is 5.75 Å². The van der Waals surface area contributed by atoms with Crippen LogP contribution in [-0.4, -0.2) is 63.0 Å². The molecule has 5 heterocycles. The molecule has 220 valence electrons. The second-order valence-corrected chi connectivity index (χ2v) is 12.1. The fourth-order valence-corrected chi connectivity index (χ4v) is 6.46. The molecule has 9 nitrogen and oxygen atoms in total. The van der Waals surface area contributed by atoms with E-state index >= 15 is 0 Å². The highest BCUT2D eigenvalue weighted by Gasteiger charge is 2.25. The van der Waals surface area contributed by atoms with Crippen LogP contribution < -0.4 is 4.74 Å². The molecule has 0 atom stereocenters. The van der Waals surface area contributed by atoms with Crippen LogP contribution in [-0.2, 0) is 0 Å². The fraction of sp³-hybridized carbons (Fsp3) is 0.455. The van der Waals surface area contributed by atoms with Crippen LogP contribution in [0.2, 0.25) is 0 Å². The Labute approximate surface area is 246 Å². The molecule has 1 aliphatic heterocycles. The van der Waals surface area contributed by atoms with Crippen molar-refractivity contribution >= 4 is 27.7 Å². The summed E-state index contributed by atoms with van der Waals surface area (Å²) in [6.07, 6.45) is 3.82. The van der Waals surface area contributed by atoms with E-state index in [1.807, 2.05) is 32.9 Å². The topological polar surface area (TPSA) is 113 Å². The van der Waals surface area contributed by atoms with Crippen molar-refractivity contribution in [1.82, 2.24) is 30.0 Å². The zero-order chi connectivity index (χ0) is 29.7. The maximum atomic E-state index is 13.4. The molecule has 5 aromatic rings. The number of carbonyl (C=O) groups excluding carboxylic acids is 1. The summed E-state index contributed by atoms with van der Waals surface area (Å²) in [6, 6.07) is 6.11. The largest absolute Gasteiger partial charge is 0.496 e. The summed E-state index contributed by atoms with van der Waals surface area (Å²) in [5, 5.41) is 6.01. The molecule has 4 aromatic heterocycles. The van der Waals surface area contributed by atoms with Gasteiger partial charge in [0.1, 0.15) is 23.0 Å². The average Bonchev–Trinajstić information content (AvgIpc) is 3.66. The molecule has 1 aliphatic rings. The van der Waals surface area contributed by atoms with Crippen LogP contribution in [0.1, 0.15) is 78.9 Å². The van der Waals surface area contributed by atoms with Gasteiger partial charge in [-0.2, -0.15) is 0 Å². The van der Waals surface area contributed by atoms with E-state index in [-0.39, 0.29) is 11.7 Å². The van der Waals surface area contributed by atoms with E-state index in [9.17, 15) is 4.79 Å². The Hall–Kier alpha value is -3.98. The standard InChI is InChI=1S/C33H40N6O3/c1-17(2)31-24(15-26(36-31)27(40)9-8-21-10-12-39(6)13-11-21)32-30-22-16-28(41-7)23(29-18(3)38-42-19(29)4)14-25(22)37-33(30)35-20(5)34-32/h14-17,21,36H,8-13H2,1-7H3,(H,34,35,37). The number of carbonyl (C=O) groups is 1. The molecule has 2 N–H and O–H groups in total. The molecule has 0 radical (unpaired) electrons. The molecule has 0 saturated carbocycles. The highest BCUT2D eigenvalue weighted by Crippen LogP contribution is 2.42. The van der Waals surface area contributed by atoms with E-state index in [0.717, 1.165) is 93.8 Å². The number of nitrogens with zero attached hydrogens (tertiary/aromatic N) is 4. The van der Waals surface area contributed by atoms with Crippen molar-refractivity contribution in [1.29, 1.82) is 0 Å². The third-order valence-corrected chi connectivity index (χ3v) is 8.78. The first-order valence-electron chi connectivity index (χ1n) is 14.9. The van der Waals surface area contributed by atoms with Gasteiger partial charge >= 0.3 is 0 Å². The first-order valence-corrected chi connectivity index (χ1v) is 14.9. The van der Waals surface area contributed by atoms with E-state index in [4.69, 9.17) is 19.2 Å². The van der Waals surface area contributed by atoms with Crippen LogP contribution >= 0.6 is 0 Å². The molecule has 0 spiro atoms. The number of hydrogen-bond acceptors (Lipinski definition) is 7. The SMILES string of the molecule is COc1cc2c(cc1-c1c(C)noc1C)[nH]c1nc(C)nc(-c3cc(C(=O)CCC4CCN(C)CC4)[nH]c3C(C)C)c12. The molecular weight excluding hydrogens is 528 g/mol. The minimum atomic E-state index is 0.161. The minimum Gasteiger partial charge on any atom is -0.496 e. The molecule has 1 aromatic carbocycles. The lowest BCUT2D eigenvalue weighted by molar-refractivity contribution is 0.0961. The van der Waals surface area contributed by atoms with Crippen molar-refractivity contribution in [3.8, 4) is 28.1 Å². The predicted octanol–water partition coefficient (Wildman–Crippen LogP) is 7.12. The fourth-order valence-electron chi connectivity index (χ4n) is 6.46. The van der Waals surface area contributed by atoms with Crippen LogP contribution in [0.4, 0.5) is 0 Å². The Morgan fingerprint density at radius 3 is 2.52 bits per heavy atom. The first-order chi connectivity index (χ1) is 20.1. The predicted molar refractivity (Wildman–Crippen MR) is 165 cm³/mol. The summed E-state index contributed by atoms with van der Waals surface area (Å²) < 4.78 is 11.3. The number of Topliss-reactive ketones (excluding diaryl/α,β-unsaturated/α-hetero) is 1. The van der Waals surface area contributed by atoms with Crippen molar-refractivity contribution in [2.24, 2.45) is 5.92 Å². The van der Waals surface area contributed by atoms with Crippen LogP contribution in [0.3, 0.4) is 0 Å². The summed E-state index contributed by atoms with van der Waals surface area (Å²) in [5.74, 6) is 3.06. The van der Waals surface area contributed by atoms with E-state index in [0.29, 0.717) is 29.6 Å². The molecule has 42 heavy (non-hydrogen) atoms. The lowest BCUT2D eigenvalue weighted by Gasteiger charge is -2.28. The molecule has 1 fully saturated rings. The Morgan fingerprint density at radius 2 is 1.86 bits per heavy atom. The van der Waals surface area contributed by atoms with Gasteiger partial charge in [-0.05, 0) is 90.2 Å². The zero-order valence-corrected chi connectivity index (χ0v) is 25.6. The number of fused-ring (bicyclic) bond motifs is 3. The molecule has 0 unspecified atom stereocenters.